The lowest BCUT2D eigenvalue weighted by molar-refractivity contribution is 0.768. The van der Waals surface area contributed by atoms with Crippen molar-refractivity contribution in [1.29, 1.82) is 0 Å². The first kappa shape index (κ1) is 53.3. The van der Waals surface area contributed by atoms with E-state index in [0.717, 1.165) is 12.1 Å². The molecule has 0 aliphatic heterocycles. The van der Waals surface area contributed by atoms with Crippen LogP contribution in [0, 0.1) is 34.6 Å². The fourth-order valence-electron chi connectivity index (χ4n) is 11.6. The van der Waals surface area contributed by atoms with Gasteiger partial charge in [0.15, 0.2) is 0 Å². The normalized spacial score (nSPS) is 12.2. The number of aryl methyl sites for hydroxylation is 5. The molecule has 0 atom stereocenters. The number of benzene rings is 11. The van der Waals surface area contributed by atoms with Crippen molar-refractivity contribution in [1.82, 2.24) is 0 Å². The van der Waals surface area contributed by atoms with Gasteiger partial charge in [-0.2, -0.15) is 0 Å². The summed E-state index contributed by atoms with van der Waals surface area (Å²) in [5.74, 6) is 0. The lowest BCUT2D eigenvalue weighted by atomic mass is 9.67. The summed E-state index contributed by atoms with van der Waals surface area (Å²) in [5, 5.41) is 5.19. The molecule has 0 heterocycles. The molecule has 0 aromatic heterocycles. The molecule has 0 N–H and O–H groups in total. The number of nitrogens with zero attached hydrogens (tertiary/aromatic N) is 1. The van der Waals surface area contributed by atoms with Gasteiger partial charge in [0.2, 0.25) is 0 Å². The van der Waals surface area contributed by atoms with Crippen LogP contribution in [0.2, 0.25) is 0 Å². The van der Waals surface area contributed by atoms with E-state index in [-0.39, 0.29) is 0 Å². The Morgan fingerprint density at radius 1 is 0.351 bits per heavy atom. The molecule has 11 aromatic rings. The Balaban J connectivity index is 0.000000183. The minimum Gasteiger partial charge on any atom is -0.310 e. The van der Waals surface area contributed by atoms with E-state index in [2.05, 4.69) is 295 Å². The van der Waals surface area contributed by atoms with Gasteiger partial charge in [-0.3, -0.25) is 0 Å². The van der Waals surface area contributed by atoms with Gasteiger partial charge in [0.1, 0.15) is 0 Å². The zero-order valence-corrected chi connectivity index (χ0v) is 46.8. The number of hydrogen-bond donors (Lipinski definition) is 0. The first-order valence-corrected chi connectivity index (χ1v) is 27.7. The number of para-hydroxylation sites is 1. The zero-order valence-electron chi connectivity index (χ0n) is 46.8. The fraction of sp³-hybridized carbons (Fsp3) is 0.158. The largest absolute Gasteiger partial charge is 0.310 e. The predicted molar refractivity (Wildman–Crippen MR) is 335 cm³/mol. The van der Waals surface area contributed by atoms with Crippen molar-refractivity contribution in [2.24, 2.45) is 0 Å². The molecule has 0 spiro atoms. The van der Waals surface area contributed by atoms with Gasteiger partial charge in [-0.25, -0.2) is 0 Å². The van der Waals surface area contributed by atoms with E-state index in [1.807, 2.05) is 27.7 Å². The molecule has 13 rings (SSSR count). The van der Waals surface area contributed by atoms with Crippen LogP contribution in [-0.2, 0) is 11.8 Å². The van der Waals surface area contributed by atoms with Crippen LogP contribution < -0.4 is 4.90 Å². The standard InChI is InChI=1S/C44H35N.C17H16.C11H10.2C2H6/c1-30-23-24-39-40(28-30)44(33-15-7-4-8-16-33,34-17-9-5-10-18-34)41-29-42(37-21-13-14-22-38(37)43(39)41)45(35-19-11-6-12-20-35)36-26-31(2)25-32(3)27-36;1-12-7-10-16-15-6-4-3-5-14(15)9-8-13(2)17(16)11-12;1-9-5-4-7-10-6-2-3-8-11(9)10;2*1-2/h4-29H,1-3H3;3-8,10-11H,9H2,1-2H3;2-8H,1H3;2*1-2H3. The molecule has 0 fully saturated rings. The highest BCUT2D eigenvalue weighted by atomic mass is 15.1. The van der Waals surface area contributed by atoms with Crippen LogP contribution in [0.25, 0.3) is 49.4 Å². The highest BCUT2D eigenvalue weighted by Gasteiger charge is 2.47. The average Bonchev–Trinajstić information content (AvgIpc) is 3.97. The molecular formula is C76H73N. The van der Waals surface area contributed by atoms with Gasteiger partial charge in [-0.15, -0.1) is 0 Å². The van der Waals surface area contributed by atoms with Gasteiger partial charge in [0.25, 0.3) is 0 Å². The molecule has 382 valence electrons. The van der Waals surface area contributed by atoms with Crippen molar-refractivity contribution in [2.45, 2.75) is 81.1 Å². The van der Waals surface area contributed by atoms with Crippen LogP contribution in [0.3, 0.4) is 0 Å². The quantitative estimate of drug-likeness (QED) is 0.166. The van der Waals surface area contributed by atoms with Gasteiger partial charge >= 0.3 is 0 Å². The van der Waals surface area contributed by atoms with Gasteiger partial charge in [0.05, 0.1) is 11.1 Å². The number of fused-ring (bicyclic) bond motifs is 9. The van der Waals surface area contributed by atoms with Crippen LogP contribution in [0.4, 0.5) is 17.1 Å². The van der Waals surface area contributed by atoms with Gasteiger partial charge in [-0.05, 0) is 172 Å². The van der Waals surface area contributed by atoms with Gasteiger partial charge in [0, 0.05) is 16.8 Å². The summed E-state index contributed by atoms with van der Waals surface area (Å²) < 4.78 is 0. The van der Waals surface area contributed by atoms with Crippen LogP contribution in [0.5, 0.6) is 0 Å². The minimum atomic E-state index is -0.483. The van der Waals surface area contributed by atoms with Gasteiger partial charge in [-0.1, -0.05) is 257 Å². The summed E-state index contributed by atoms with van der Waals surface area (Å²) in [5.41, 5.74) is 24.3. The zero-order chi connectivity index (χ0) is 54.1. The molecule has 0 saturated heterocycles. The van der Waals surface area contributed by atoms with E-state index >= 15 is 0 Å². The summed E-state index contributed by atoms with van der Waals surface area (Å²) in [6, 6.07) is 88.7. The molecule has 77 heavy (non-hydrogen) atoms. The molecule has 0 saturated carbocycles. The van der Waals surface area contributed by atoms with Crippen molar-refractivity contribution >= 4 is 44.2 Å². The monoisotopic (exact) mass is 1000 g/mol. The van der Waals surface area contributed by atoms with E-state index in [4.69, 9.17) is 0 Å². The Labute approximate surface area is 459 Å². The van der Waals surface area contributed by atoms with Crippen molar-refractivity contribution in [3.63, 3.8) is 0 Å². The number of allylic oxidation sites excluding steroid dienone is 2. The van der Waals surface area contributed by atoms with E-state index in [0.29, 0.717) is 0 Å². The SMILES string of the molecule is CC.CC.CC1=CCc2ccccc2-c2ccc(C)cc21.Cc1cc(C)cc(N(c2ccccc2)c2cc3c(c4ccccc24)-c2ccc(C)cc2C3(c2ccccc2)c2ccccc2)c1.Cc1cccc2ccccc12. The molecule has 1 nitrogen and oxygen atoms in total. The molecule has 0 bridgehead atoms. The fourth-order valence-corrected chi connectivity index (χ4v) is 11.6. The van der Waals surface area contributed by atoms with Crippen LogP contribution in [0.15, 0.2) is 249 Å². The Morgan fingerprint density at radius 3 is 1.53 bits per heavy atom. The molecule has 2 aliphatic rings. The highest BCUT2D eigenvalue weighted by molar-refractivity contribution is 6.11. The topological polar surface area (TPSA) is 3.24 Å². The maximum Gasteiger partial charge on any atom is 0.0714 e. The average molecular weight is 1000 g/mol. The van der Waals surface area contributed by atoms with E-state index in [1.165, 1.54) is 122 Å². The smallest absolute Gasteiger partial charge is 0.0714 e. The van der Waals surface area contributed by atoms with Gasteiger partial charge < -0.3 is 4.90 Å². The second-order valence-electron chi connectivity index (χ2n) is 20.0. The Bertz CT molecular complexity index is 3760. The highest BCUT2D eigenvalue weighted by Crippen LogP contribution is 2.60. The van der Waals surface area contributed by atoms with E-state index in [1.54, 1.807) is 0 Å². The Morgan fingerprint density at radius 2 is 0.883 bits per heavy atom. The summed E-state index contributed by atoms with van der Waals surface area (Å²) in [6.07, 6.45) is 3.37. The third-order valence-electron chi connectivity index (χ3n) is 15.0. The van der Waals surface area contributed by atoms with Crippen LogP contribution >= 0.6 is 0 Å². The molecule has 0 radical (unpaired) electrons. The first-order valence-electron chi connectivity index (χ1n) is 27.7. The maximum atomic E-state index is 2.50. The molecule has 1 heteroatoms. The van der Waals surface area contributed by atoms with Crippen molar-refractivity contribution in [2.75, 3.05) is 4.90 Å². The van der Waals surface area contributed by atoms with Crippen molar-refractivity contribution in [3.05, 3.63) is 310 Å². The lowest BCUT2D eigenvalue weighted by Crippen LogP contribution is -2.29. The summed E-state index contributed by atoms with van der Waals surface area (Å²) >= 11 is 0. The lowest BCUT2D eigenvalue weighted by Gasteiger charge is -2.35. The van der Waals surface area contributed by atoms with Crippen molar-refractivity contribution in [3.8, 4) is 22.3 Å². The van der Waals surface area contributed by atoms with Crippen LogP contribution in [0.1, 0.15) is 95.8 Å². The summed E-state index contributed by atoms with van der Waals surface area (Å²) in [6.45, 7) is 21.1. The first-order chi connectivity index (χ1) is 37.7. The second kappa shape index (κ2) is 24.0. The van der Waals surface area contributed by atoms with E-state index in [9.17, 15) is 0 Å². The maximum absolute atomic E-state index is 2.50. The molecule has 11 aromatic carbocycles. The number of rotatable bonds is 5. The van der Waals surface area contributed by atoms with E-state index < -0.39 is 5.41 Å². The molecule has 0 amide bonds. The van der Waals surface area contributed by atoms with Crippen LogP contribution in [-0.4, -0.2) is 0 Å². The molecular weight excluding hydrogens is 927 g/mol. The molecule has 2 aliphatic carbocycles. The Kier molecular flexibility index (Phi) is 16.6. The summed E-state index contributed by atoms with van der Waals surface area (Å²) in [7, 11) is 0. The predicted octanol–water partition coefficient (Wildman–Crippen LogP) is 21.4. The summed E-state index contributed by atoms with van der Waals surface area (Å²) in [4.78, 5) is 2.46. The Hall–Kier alpha value is -8.52. The number of anilines is 3. The molecule has 0 unspecified atom stereocenters. The van der Waals surface area contributed by atoms with Crippen molar-refractivity contribution < 1.29 is 0 Å². The third-order valence-corrected chi connectivity index (χ3v) is 15.0. The number of hydrogen-bond acceptors (Lipinski definition) is 1. The second-order valence-corrected chi connectivity index (χ2v) is 20.0. The minimum absolute atomic E-state index is 0.483. The third kappa shape index (κ3) is 10.6.